The van der Waals surface area contributed by atoms with E-state index in [0.29, 0.717) is 18.6 Å². The van der Waals surface area contributed by atoms with Crippen LogP contribution in [0.2, 0.25) is 0 Å². The Labute approximate surface area is 139 Å². The minimum Gasteiger partial charge on any atom is -0.403 e. The second kappa shape index (κ2) is 5.75. The summed E-state index contributed by atoms with van der Waals surface area (Å²) in [5.74, 6) is 0.320. The molecule has 0 N–H and O–H groups in total. The third-order valence-corrected chi connectivity index (χ3v) is 5.89. The molecule has 0 amide bonds. The van der Waals surface area contributed by atoms with Gasteiger partial charge in [0, 0.05) is 18.2 Å². The van der Waals surface area contributed by atoms with Crippen LogP contribution in [0.3, 0.4) is 0 Å². The van der Waals surface area contributed by atoms with Crippen LogP contribution in [-0.4, -0.2) is 24.1 Å². The number of ketones is 1. The van der Waals surface area contributed by atoms with Gasteiger partial charge in [-0.2, -0.15) is 0 Å². The summed E-state index contributed by atoms with van der Waals surface area (Å²) in [4.78, 5) is 12.4. The van der Waals surface area contributed by atoms with E-state index in [9.17, 15) is 4.79 Å². The summed E-state index contributed by atoms with van der Waals surface area (Å²) in [6.07, 6.45) is 4.11. The molecule has 1 aromatic rings. The number of rotatable bonds is 2. The van der Waals surface area contributed by atoms with Gasteiger partial charge in [0.05, 0.1) is 11.2 Å². The topological polar surface area (TPSA) is 35.5 Å². The lowest BCUT2D eigenvalue weighted by atomic mass is 9.50. The van der Waals surface area contributed by atoms with E-state index in [0.717, 1.165) is 24.8 Å². The largest absolute Gasteiger partial charge is 0.469 e. The zero-order valence-electron chi connectivity index (χ0n) is 14.7. The van der Waals surface area contributed by atoms with Crippen LogP contribution in [0.25, 0.3) is 0 Å². The van der Waals surface area contributed by atoms with Crippen molar-refractivity contribution in [2.24, 2.45) is 0 Å². The summed E-state index contributed by atoms with van der Waals surface area (Å²) in [5.41, 5.74) is 0.401. The first-order chi connectivity index (χ1) is 10.8. The van der Waals surface area contributed by atoms with Crippen LogP contribution >= 0.6 is 0 Å². The van der Waals surface area contributed by atoms with Crippen molar-refractivity contribution in [3.63, 3.8) is 0 Å². The molecule has 0 bridgehead atoms. The molecule has 1 saturated carbocycles. The summed E-state index contributed by atoms with van der Waals surface area (Å²) in [5, 5.41) is -0.375. The molecule has 2 aliphatic rings. The van der Waals surface area contributed by atoms with Gasteiger partial charge in [-0.3, -0.25) is 4.79 Å². The van der Waals surface area contributed by atoms with Crippen LogP contribution in [0, 0.1) is 0 Å². The highest BCUT2D eigenvalue weighted by Crippen LogP contribution is 2.47. The molecule has 0 aromatic heterocycles. The van der Waals surface area contributed by atoms with Crippen molar-refractivity contribution in [3.8, 4) is 0 Å². The lowest BCUT2D eigenvalue weighted by Crippen LogP contribution is -2.47. The van der Waals surface area contributed by atoms with E-state index in [2.05, 4.69) is 39.8 Å². The Bertz CT molecular complexity index is 566. The smallest absolute Gasteiger partial charge is 0.403 e. The predicted molar refractivity (Wildman–Crippen MR) is 92.3 cm³/mol. The van der Waals surface area contributed by atoms with Gasteiger partial charge < -0.3 is 9.31 Å². The maximum atomic E-state index is 12.4. The first-order valence-corrected chi connectivity index (χ1v) is 8.70. The third kappa shape index (κ3) is 2.87. The first-order valence-electron chi connectivity index (χ1n) is 8.70. The molecule has 0 radical (unpaired) electrons. The van der Waals surface area contributed by atoms with Gasteiger partial charge in [-0.25, -0.2) is 0 Å². The van der Waals surface area contributed by atoms with Crippen LogP contribution in [0.15, 0.2) is 30.3 Å². The lowest BCUT2D eigenvalue weighted by molar-refractivity contribution is -0.119. The van der Waals surface area contributed by atoms with E-state index in [1.165, 1.54) is 0 Å². The normalized spacial score (nSPS) is 30.3. The first kappa shape index (κ1) is 16.7. The Hall–Kier alpha value is -1.13. The number of carbonyl (C=O) groups is 1. The van der Waals surface area contributed by atoms with Gasteiger partial charge in [0.25, 0.3) is 0 Å². The molecule has 1 aliphatic carbocycles. The highest BCUT2D eigenvalue weighted by Gasteiger charge is 2.60. The second-order valence-electron chi connectivity index (χ2n) is 8.03. The quantitative estimate of drug-likeness (QED) is 0.609. The number of benzene rings is 1. The predicted octanol–water partition coefficient (Wildman–Crippen LogP) is 4.09. The monoisotopic (exact) mass is 314 g/mol. The fourth-order valence-corrected chi connectivity index (χ4v) is 3.71. The van der Waals surface area contributed by atoms with Gasteiger partial charge in [0.1, 0.15) is 5.78 Å². The van der Waals surface area contributed by atoms with Gasteiger partial charge in [0.2, 0.25) is 0 Å². The molecule has 23 heavy (non-hydrogen) atoms. The Morgan fingerprint density at radius 3 is 2.17 bits per heavy atom. The number of Topliss-reactive ketones (excluding diaryl/α,β-unsaturated/α-hetero) is 1. The molecule has 124 valence electrons. The van der Waals surface area contributed by atoms with Gasteiger partial charge in [-0.15, -0.1) is 0 Å². The summed E-state index contributed by atoms with van der Waals surface area (Å²) < 4.78 is 12.8. The fourth-order valence-electron chi connectivity index (χ4n) is 3.71. The van der Waals surface area contributed by atoms with Crippen molar-refractivity contribution in [3.05, 3.63) is 35.9 Å². The standard InChI is InChI=1S/C19H27BO3/c1-17(2)18(3,4)23-20(22-17)19(15-10-6-5-7-11-15)13-9-8-12-16(21)14-19/h5-7,10-11H,8-9,12-14H2,1-4H3/t19-/m0/s1. The Morgan fingerprint density at radius 1 is 0.957 bits per heavy atom. The second-order valence-corrected chi connectivity index (χ2v) is 8.03. The van der Waals surface area contributed by atoms with E-state index >= 15 is 0 Å². The number of hydrogen-bond acceptors (Lipinski definition) is 3. The molecular weight excluding hydrogens is 287 g/mol. The van der Waals surface area contributed by atoms with Crippen molar-refractivity contribution >= 4 is 12.9 Å². The molecule has 0 unspecified atom stereocenters. The van der Waals surface area contributed by atoms with Crippen LogP contribution in [0.4, 0.5) is 0 Å². The number of hydrogen-bond donors (Lipinski definition) is 0. The molecule has 1 aromatic carbocycles. The van der Waals surface area contributed by atoms with Crippen LogP contribution < -0.4 is 0 Å². The molecule has 0 spiro atoms. The average Bonchev–Trinajstić information content (AvgIpc) is 2.64. The molecule has 1 saturated heterocycles. The molecule has 1 aliphatic heterocycles. The Kier molecular flexibility index (Phi) is 4.18. The summed E-state index contributed by atoms with van der Waals surface area (Å²) in [6, 6.07) is 10.3. The van der Waals surface area contributed by atoms with Gasteiger partial charge in [0.15, 0.2) is 0 Å². The maximum Gasteiger partial charge on any atom is 0.469 e. The van der Waals surface area contributed by atoms with Crippen molar-refractivity contribution in [1.82, 2.24) is 0 Å². The van der Waals surface area contributed by atoms with E-state index in [4.69, 9.17) is 9.31 Å². The molecular formula is C19H27BO3. The van der Waals surface area contributed by atoms with Crippen molar-refractivity contribution in [2.45, 2.75) is 76.3 Å². The molecule has 3 rings (SSSR count). The van der Waals surface area contributed by atoms with Crippen molar-refractivity contribution in [1.29, 1.82) is 0 Å². The zero-order valence-corrected chi connectivity index (χ0v) is 14.7. The van der Waals surface area contributed by atoms with Gasteiger partial charge >= 0.3 is 7.12 Å². The van der Waals surface area contributed by atoms with E-state index < -0.39 is 0 Å². The van der Waals surface area contributed by atoms with Crippen molar-refractivity contribution < 1.29 is 14.1 Å². The molecule has 1 heterocycles. The van der Waals surface area contributed by atoms with E-state index in [1.54, 1.807) is 0 Å². The zero-order chi connectivity index (χ0) is 16.7. The SMILES string of the molecule is CC1(C)OB([C@@]2(c3ccccc3)CCCCC(=O)C2)OC1(C)C. The minimum atomic E-state index is -0.380. The molecule has 2 fully saturated rings. The molecule has 1 atom stereocenters. The fraction of sp³-hybridized carbons (Fsp3) is 0.632. The van der Waals surface area contributed by atoms with Crippen LogP contribution in [0.1, 0.15) is 65.4 Å². The molecule has 3 nitrogen and oxygen atoms in total. The Morgan fingerprint density at radius 2 is 1.57 bits per heavy atom. The van der Waals surface area contributed by atoms with Crippen LogP contribution in [0.5, 0.6) is 0 Å². The van der Waals surface area contributed by atoms with Crippen LogP contribution in [-0.2, 0) is 19.4 Å². The lowest BCUT2D eigenvalue weighted by Gasteiger charge is -2.34. The van der Waals surface area contributed by atoms with E-state index in [-0.39, 0.29) is 23.6 Å². The number of carbonyl (C=O) groups excluding carboxylic acids is 1. The maximum absolute atomic E-state index is 12.4. The van der Waals surface area contributed by atoms with E-state index in [1.807, 2.05) is 18.2 Å². The third-order valence-electron chi connectivity index (χ3n) is 5.89. The van der Waals surface area contributed by atoms with Crippen molar-refractivity contribution in [2.75, 3.05) is 0 Å². The molecule has 4 heteroatoms. The highest BCUT2D eigenvalue weighted by atomic mass is 16.7. The summed E-state index contributed by atoms with van der Waals surface area (Å²) in [6.45, 7) is 8.29. The van der Waals surface area contributed by atoms with Gasteiger partial charge in [-0.05, 0) is 46.1 Å². The minimum absolute atomic E-state index is 0.320. The van der Waals surface area contributed by atoms with Gasteiger partial charge in [-0.1, -0.05) is 36.8 Å². The average molecular weight is 314 g/mol. The highest BCUT2D eigenvalue weighted by molar-refractivity contribution is 6.50. The summed E-state index contributed by atoms with van der Waals surface area (Å²) >= 11 is 0. The summed E-state index contributed by atoms with van der Waals surface area (Å²) in [7, 11) is -0.378. The Balaban J connectivity index is 2.05.